The third-order valence-electron chi connectivity index (χ3n) is 4.82. The van der Waals surface area contributed by atoms with Gasteiger partial charge in [0.2, 0.25) is 0 Å². The minimum absolute atomic E-state index is 0.695. The molecule has 3 heteroatoms. The van der Waals surface area contributed by atoms with Crippen LogP contribution in [0.3, 0.4) is 0 Å². The van der Waals surface area contributed by atoms with Crippen LogP contribution in [0, 0.1) is 0 Å². The Labute approximate surface area is 113 Å². The molecule has 0 radical (unpaired) electrons. The Morgan fingerprint density at radius 2 is 1.89 bits per heavy atom. The first-order valence-corrected chi connectivity index (χ1v) is 7.84. The van der Waals surface area contributed by atoms with E-state index in [0.29, 0.717) is 6.04 Å². The molecule has 2 rings (SSSR count). The van der Waals surface area contributed by atoms with E-state index in [1.165, 1.54) is 52.1 Å². The van der Waals surface area contributed by atoms with Crippen molar-refractivity contribution in [3.63, 3.8) is 0 Å². The van der Waals surface area contributed by atoms with Gasteiger partial charge in [-0.15, -0.1) is 0 Å². The zero-order chi connectivity index (χ0) is 13.1. The number of rotatable bonds is 3. The lowest BCUT2D eigenvalue weighted by Crippen LogP contribution is -2.59. The molecule has 0 N–H and O–H groups in total. The first-order chi connectivity index (χ1) is 8.61. The van der Waals surface area contributed by atoms with Crippen molar-refractivity contribution in [3.8, 4) is 0 Å². The Morgan fingerprint density at radius 1 is 1.11 bits per heavy atom. The molecule has 0 bridgehead atoms. The fraction of sp³-hybridized carbons (Fsp3) is 1.00. The number of piperazine rings is 1. The summed E-state index contributed by atoms with van der Waals surface area (Å²) in [7, 11) is 0. The molecule has 2 aliphatic rings. The van der Waals surface area contributed by atoms with Crippen LogP contribution in [-0.4, -0.2) is 72.1 Å². The Bertz CT molecular complexity index is 254. The second kappa shape index (κ2) is 6.36. The second-order valence-electron chi connectivity index (χ2n) is 6.36. The summed E-state index contributed by atoms with van der Waals surface area (Å²) in [6.07, 6.45) is 2.79. The van der Waals surface area contributed by atoms with Crippen molar-refractivity contribution < 1.29 is 0 Å². The Balaban J connectivity index is 1.87. The third kappa shape index (κ3) is 3.25. The van der Waals surface area contributed by atoms with Crippen molar-refractivity contribution in [2.24, 2.45) is 0 Å². The van der Waals surface area contributed by atoms with Gasteiger partial charge in [0.05, 0.1) is 0 Å². The van der Waals surface area contributed by atoms with E-state index < -0.39 is 0 Å². The van der Waals surface area contributed by atoms with E-state index in [1.807, 2.05) is 0 Å². The van der Waals surface area contributed by atoms with Crippen LogP contribution in [0.4, 0.5) is 0 Å². The quantitative estimate of drug-likeness (QED) is 0.760. The Hall–Kier alpha value is -0.120. The van der Waals surface area contributed by atoms with Crippen LogP contribution in [0.5, 0.6) is 0 Å². The largest absolute Gasteiger partial charge is 0.302 e. The summed E-state index contributed by atoms with van der Waals surface area (Å²) in [5, 5.41) is 0. The van der Waals surface area contributed by atoms with Crippen LogP contribution in [0.2, 0.25) is 0 Å². The molecule has 0 aliphatic carbocycles. The summed E-state index contributed by atoms with van der Waals surface area (Å²) < 4.78 is 0. The highest BCUT2D eigenvalue weighted by Gasteiger charge is 2.31. The number of hydrogen-bond acceptors (Lipinski definition) is 3. The minimum atomic E-state index is 0.695. The molecule has 0 aromatic rings. The first kappa shape index (κ1) is 14.3. The number of nitrogens with zero attached hydrogens (tertiary/aromatic N) is 3. The predicted molar refractivity (Wildman–Crippen MR) is 78.0 cm³/mol. The van der Waals surface area contributed by atoms with Gasteiger partial charge in [-0.1, -0.05) is 6.92 Å². The molecule has 2 aliphatic heterocycles. The van der Waals surface area contributed by atoms with E-state index in [1.54, 1.807) is 0 Å². The van der Waals surface area contributed by atoms with Crippen molar-refractivity contribution >= 4 is 0 Å². The maximum atomic E-state index is 2.76. The Kier molecular flexibility index (Phi) is 5.05. The molecule has 3 nitrogen and oxygen atoms in total. The third-order valence-corrected chi connectivity index (χ3v) is 4.82. The molecule has 2 atom stereocenters. The van der Waals surface area contributed by atoms with E-state index >= 15 is 0 Å². The summed E-state index contributed by atoms with van der Waals surface area (Å²) >= 11 is 0. The summed E-state index contributed by atoms with van der Waals surface area (Å²) in [6.45, 7) is 17.0. The van der Waals surface area contributed by atoms with E-state index in [-0.39, 0.29) is 0 Å². The topological polar surface area (TPSA) is 9.72 Å². The summed E-state index contributed by atoms with van der Waals surface area (Å²) in [6, 6.07) is 2.23. The normalized spacial score (nSPS) is 33.2. The van der Waals surface area contributed by atoms with Gasteiger partial charge >= 0.3 is 0 Å². The van der Waals surface area contributed by atoms with Gasteiger partial charge in [0.25, 0.3) is 0 Å². The SMILES string of the molecule is CCN1CCC[C@@H](N2CCN(C(C)C)[C@H](C)C2)C1. The molecule has 0 spiro atoms. The van der Waals surface area contributed by atoms with Crippen LogP contribution >= 0.6 is 0 Å². The smallest absolute Gasteiger partial charge is 0.0224 e. The van der Waals surface area contributed by atoms with Crippen LogP contribution in [0.25, 0.3) is 0 Å². The van der Waals surface area contributed by atoms with Crippen molar-refractivity contribution in [2.75, 3.05) is 39.3 Å². The highest BCUT2D eigenvalue weighted by atomic mass is 15.3. The fourth-order valence-corrected chi connectivity index (χ4v) is 3.72. The van der Waals surface area contributed by atoms with Gasteiger partial charge in [0, 0.05) is 44.3 Å². The summed E-state index contributed by atoms with van der Waals surface area (Å²) in [5.41, 5.74) is 0. The molecule has 2 saturated heterocycles. The highest BCUT2D eigenvalue weighted by Crippen LogP contribution is 2.20. The van der Waals surface area contributed by atoms with Gasteiger partial charge in [0.15, 0.2) is 0 Å². The van der Waals surface area contributed by atoms with Crippen LogP contribution in [0.1, 0.15) is 40.5 Å². The summed E-state index contributed by atoms with van der Waals surface area (Å²) in [5.74, 6) is 0. The zero-order valence-electron chi connectivity index (χ0n) is 12.7. The molecule has 2 fully saturated rings. The average Bonchev–Trinajstić information content (AvgIpc) is 2.38. The lowest BCUT2D eigenvalue weighted by Gasteiger charge is -2.47. The molecule has 0 saturated carbocycles. The number of likely N-dealkylation sites (tertiary alicyclic amines) is 1. The van der Waals surface area contributed by atoms with Gasteiger partial charge in [-0.05, 0) is 46.7 Å². The highest BCUT2D eigenvalue weighted by molar-refractivity contribution is 4.87. The average molecular weight is 253 g/mol. The fourth-order valence-electron chi connectivity index (χ4n) is 3.72. The molecular weight excluding hydrogens is 222 g/mol. The van der Waals surface area contributed by atoms with Crippen molar-refractivity contribution in [1.82, 2.24) is 14.7 Å². The molecule has 106 valence electrons. The minimum Gasteiger partial charge on any atom is -0.302 e. The molecule has 0 unspecified atom stereocenters. The number of likely N-dealkylation sites (N-methyl/N-ethyl adjacent to an activating group) is 1. The van der Waals surface area contributed by atoms with Crippen LogP contribution < -0.4 is 0 Å². The lowest BCUT2D eigenvalue weighted by molar-refractivity contribution is 0.0140. The van der Waals surface area contributed by atoms with Gasteiger partial charge in [-0.2, -0.15) is 0 Å². The molecule has 0 aromatic carbocycles. The maximum Gasteiger partial charge on any atom is 0.0224 e. The summed E-state index contributed by atoms with van der Waals surface area (Å²) in [4.78, 5) is 8.02. The van der Waals surface area contributed by atoms with Gasteiger partial charge < -0.3 is 4.90 Å². The van der Waals surface area contributed by atoms with E-state index in [0.717, 1.165) is 12.1 Å². The predicted octanol–water partition coefficient (Wildman–Crippen LogP) is 1.89. The molecule has 2 heterocycles. The van der Waals surface area contributed by atoms with Gasteiger partial charge in [-0.3, -0.25) is 9.80 Å². The van der Waals surface area contributed by atoms with Crippen molar-refractivity contribution in [2.45, 2.75) is 58.7 Å². The first-order valence-electron chi connectivity index (χ1n) is 7.84. The molecule has 18 heavy (non-hydrogen) atoms. The van der Waals surface area contributed by atoms with Gasteiger partial charge in [0.1, 0.15) is 0 Å². The van der Waals surface area contributed by atoms with E-state index in [4.69, 9.17) is 0 Å². The van der Waals surface area contributed by atoms with Gasteiger partial charge in [-0.25, -0.2) is 0 Å². The Morgan fingerprint density at radius 3 is 2.50 bits per heavy atom. The second-order valence-corrected chi connectivity index (χ2v) is 6.36. The van der Waals surface area contributed by atoms with Crippen molar-refractivity contribution in [3.05, 3.63) is 0 Å². The molecule has 0 amide bonds. The van der Waals surface area contributed by atoms with Crippen LogP contribution in [-0.2, 0) is 0 Å². The van der Waals surface area contributed by atoms with E-state index in [2.05, 4.69) is 42.4 Å². The monoisotopic (exact) mass is 253 g/mol. The lowest BCUT2D eigenvalue weighted by atomic mass is 10.0. The van der Waals surface area contributed by atoms with Crippen LogP contribution in [0.15, 0.2) is 0 Å². The number of hydrogen-bond donors (Lipinski definition) is 0. The van der Waals surface area contributed by atoms with Crippen molar-refractivity contribution in [1.29, 1.82) is 0 Å². The maximum absolute atomic E-state index is 2.76. The standard InChI is InChI=1S/C15H31N3/c1-5-16-8-6-7-15(12-16)17-9-10-18(13(2)3)14(4)11-17/h13-15H,5-12H2,1-4H3/t14-,15-/m1/s1. The molecular formula is C15H31N3. The molecule has 0 aromatic heterocycles. The van der Waals surface area contributed by atoms with E-state index in [9.17, 15) is 0 Å². The zero-order valence-corrected chi connectivity index (χ0v) is 12.7. The number of piperidine rings is 1.